The second-order valence-corrected chi connectivity index (χ2v) is 4.06. The normalized spacial score (nSPS) is 9.95. The van der Waals surface area contributed by atoms with Gasteiger partial charge in [-0.15, -0.1) is 0 Å². The van der Waals surface area contributed by atoms with Crippen molar-refractivity contribution in [1.29, 1.82) is 0 Å². The number of benzene rings is 2. The van der Waals surface area contributed by atoms with E-state index in [0.717, 1.165) is 5.69 Å². The Labute approximate surface area is 110 Å². The predicted molar refractivity (Wildman–Crippen MR) is 73.8 cm³/mol. The number of carbonyl (C=O) groups excluding carboxylic acids is 1. The number of rotatable bonds is 3. The van der Waals surface area contributed by atoms with Crippen molar-refractivity contribution in [3.8, 4) is 11.5 Å². The fraction of sp³-hybridized carbons (Fsp3) is 0.0714. The number of para-hydroxylation sites is 1. The van der Waals surface area contributed by atoms with Gasteiger partial charge in [-0.1, -0.05) is 18.2 Å². The van der Waals surface area contributed by atoms with Crippen molar-refractivity contribution in [2.24, 2.45) is 0 Å². The van der Waals surface area contributed by atoms with E-state index in [-0.39, 0.29) is 23.1 Å². The van der Waals surface area contributed by atoms with Crippen LogP contribution in [-0.4, -0.2) is 16.1 Å². The quantitative estimate of drug-likeness (QED) is 0.504. The maximum absolute atomic E-state index is 10.9. The van der Waals surface area contributed by atoms with E-state index < -0.39 is 0 Å². The van der Waals surface area contributed by atoms with E-state index in [4.69, 9.17) is 0 Å². The van der Waals surface area contributed by atoms with Crippen LogP contribution in [0.1, 0.15) is 6.92 Å². The predicted octanol–water partition coefficient (Wildman–Crippen LogP) is 2.80. The van der Waals surface area contributed by atoms with Crippen LogP contribution in [0.25, 0.3) is 0 Å². The van der Waals surface area contributed by atoms with E-state index in [9.17, 15) is 15.0 Å². The van der Waals surface area contributed by atoms with Crippen LogP contribution in [-0.2, 0) is 4.79 Å². The Kier molecular flexibility index (Phi) is 3.56. The van der Waals surface area contributed by atoms with Gasteiger partial charge in [-0.3, -0.25) is 4.79 Å². The molecule has 0 radical (unpaired) electrons. The van der Waals surface area contributed by atoms with Gasteiger partial charge < -0.3 is 20.8 Å². The molecule has 1 amide bonds. The minimum atomic E-state index is -0.321. The smallest absolute Gasteiger partial charge is 0.221 e. The van der Waals surface area contributed by atoms with Crippen molar-refractivity contribution in [3.05, 3.63) is 42.5 Å². The van der Waals surface area contributed by atoms with Gasteiger partial charge in [0, 0.05) is 24.7 Å². The molecule has 0 bridgehead atoms. The third kappa shape index (κ3) is 3.16. The van der Waals surface area contributed by atoms with Gasteiger partial charge in [0.05, 0.1) is 11.4 Å². The summed E-state index contributed by atoms with van der Waals surface area (Å²) in [5.74, 6) is -0.504. The molecule has 0 unspecified atom stereocenters. The molecule has 0 aliphatic rings. The molecule has 98 valence electrons. The largest absolute Gasteiger partial charge is 0.506 e. The Hall–Kier alpha value is -2.69. The van der Waals surface area contributed by atoms with Crippen molar-refractivity contribution in [2.45, 2.75) is 6.92 Å². The molecule has 2 rings (SSSR count). The molecule has 0 fully saturated rings. The molecule has 0 spiro atoms. The SMILES string of the molecule is CC(=O)Nc1cc(O)c(Nc2ccccc2)cc1O. The maximum Gasteiger partial charge on any atom is 0.221 e. The van der Waals surface area contributed by atoms with Crippen LogP contribution in [0.2, 0.25) is 0 Å². The topological polar surface area (TPSA) is 81.6 Å². The average Bonchev–Trinajstić information content (AvgIpc) is 2.36. The van der Waals surface area contributed by atoms with Crippen molar-refractivity contribution in [1.82, 2.24) is 0 Å². The van der Waals surface area contributed by atoms with E-state index in [0.29, 0.717) is 5.69 Å². The lowest BCUT2D eigenvalue weighted by Gasteiger charge is -2.12. The van der Waals surface area contributed by atoms with Gasteiger partial charge in [-0.2, -0.15) is 0 Å². The molecule has 5 heteroatoms. The van der Waals surface area contributed by atoms with Crippen LogP contribution in [0.4, 0.5) is 17.1 Å². The molecule has 0 saturated heterocycles. The average molecular weight is 258 g/mol. The van der Waals surface area contributed by atoms with Crippen LogP contribution in [0, 0.1) is 0 Å². The van der Waals surface area contributed by atoms with Crippen LogP contribution >= 0.6 is 0 Å². The number of anilines is 3. The Morgan fingerprint density at radius 3 is 2.21 bits per heavy atom. The minimum Gasteiger partial charge on any atom is -0.506 e. The van der Waals surface area contributed by atoms with E-state index in [1.807, 2.05) is 30.3 Å². The molecule has 0 heterocycles. The summed E-state index contributed by atoms with van der Waals surface area (Å²) in [6.07, 6.45) is 0. The molecule has 19 heavy (non-hydrogen) atoms. The van der Waals surface area contributed by atoms with Crippen LogP contribution in [0.5, 0.6) is 11.5 Å². The van der Waals surface area contributed by atoms with E-state index in [1.165, 1.54) is 19.1 Å². The monoisotopic (exact) mass is 258 g/mol. The van der Waals surface area contributed by atoms with Gasteiger partial charge in [0.2, 0.25) is 5.91 Å². The van der Waals surface area contributed by atoms with Gasteiger partial charge in [0.15, 0.2) is 0 Å². The summed E-state index contributed by atoms with van der Waals surface area (Å²) in [4.78, 5) is 10.9. The highest BCUT2D eigenvalue weighted by Crippen LogP contribution is 2.36. The van der Waals surface area contributed by atoms with E-state index in [2.05, 4.69) is 10.6 Å². The first-order chi connectivity index (χ1) is 9.06. The molecule has 0 aromatic heterocycles. The van der Waals surface area contributed by atoms with Gasteiger partial charge in [0.1, 0.15) is 11.5 Å². The van der Waals surface area contributed by atoms with Gasteiger partial charge in [-0.25, -0.2) is 0 Å². The molecule has 4 N–H and O–H groups in total. The summed E-state index contributed by atoms with van der Waals surface area (Å²) in [5.41, 5.74) is 1.31. The standard InChI is InChI=1S/C14H14N2O3/c1-9(17)15-11-7-14(19)12(8-13(11)18)16-10-5-3-2-4-6-10/h2-8,16,18-19H,1H3,(H,15,17). The van der Waals surface area contributed by atoms with Crippen molar-refractivity contribution >= 4 is 23.0 Å². The van der Waals surface area contributed by atoms with Crippen LogP contribution in [0.3, 0.4) is 0 Å². The highest BCUT2D eigenvalue weighted by molar-refractivity contribution is 5.91. The second kappa shape index (κ2) is 5.30. The summed E-state index contributed by atoms with van der Waals surface area (Å²) in [7, 11) is 0. The zero-order chi connectivity index (χ0) is 13.8. The molecule has 2 aromatic carbocycles. The van der Waals surface area contributed by atoms with Crippen LogP contribution in [0.15, 0.2) is 42.5 Å². The number of phenolic OH excluding ortho intramolecular Hbond substituents is 2. The highest BCUT2D eigenvalue weighted by atomic mass is 16.3. The summed E-state index contributed by atoms with van der Waals surface area (Å²) in [5, 5.41) is 25.0. The van der Waals surface area contributed by atoms with Gasteiger partial charge in [-0.05, 0) is 12.1 Å². The van der Waals surface area contributed by atoms with Crippen molar-refractivity contribution < 1.29 is 15.0 Å². The summed E-state index contributed by atoms with van der Waals surface area (Å²) < 4.78 is 0. The molecule has 0 atom stereocenters. The number of amides is 1. The Balaban J connectivity index is 2.28. The summed E-state index contributed by atoms with van der Waals surface area (Å²) in [6, 6.07) is 11.9. The van der Waals surface area contributed by atoms with E-state index in [1.54, 1.807) is 0 Å². The first-order valence-electron chi connectivity index (χ1n) is 5.72. The third-order valence-corrected chi connectivity index (χ3v) is 2.48. The molecular weight excluding hydrogens is 244 g/mol. The lowest BCUT2D eigenvalue weighted by atomic mass is 10.2. The summed E-state index contributed by atoms with van der Waals surface area (Å²) >= 11 is 0. The maximum atomic E-state index is 10.9. The number of nitrogens with one attached hydrogen (secondary N) is 2. The molecule has 0 saturated carbocycles. The number of hydrogen-bond acceptors (Lipinski definition) is 4. The van der Waals surface area contributed by atoms with Crippen LogP contribution < -0.4 is 10.6 Å². The number of carbonyl (C=O) groups is 1. The minimum absolute atomic E-state index is 0.0644. The van der Waals surface area contributed by atoms with E-state index >= 15 is 0 Å². The lowest BCUT2D eigenvalue weighted by Crippen LogP contribution is -2.06. The third-order valence-electron chi connectivity index (χ3n) is 2.48. The Morgan fingerprint density at radius 2 is 1.58 bits per heavy atom. The molecular formula is C14H14N2O3. The zero-order valence-corrected chi connectivity index (χ0v) is 10.3. The van der Waals surface area contributed by atoms with Crippen molar-refractivity contribution in [2.75, 3.05) is 10.6 Å². The number of phenols is 2. The lowest BCUT2D eigenvalue weighted by molar-refractivity contribution is -0.114. The molecule has 0 aliphatic carbocycles. The van der Waals surface area contributed by atoms with Crippen molar-refractivity contribution in [3.63, 3.8) is 0 Å². The Bertz CT molecular complexity index is 597. The molecule has 2 aromatic rings. The number of hydrogen-bond donors (Lipinski definition) is 4. The van der Waals surface area contributed by atoms with Gasteiger partial charge in [0.25, 0.3) is 0 Å². The fourth-order valence-electron chi connectivity index (χ4n) is 1.64. The second-order valence-electron chi connectivity index (χ2n) is 4.06. The fourth-order valence-corrected chi connectivity index (χ4v) is 1.64. The number of aromatic hydroxyl groups is 2. The zero-order valence-electron chi connectivity index (χ0n) is 10.3. The first kappa shape index (κ1) is 12.8. The Morgan fingerprint density at radius 1 is 1.00 bits per heavy atom. The summed E-state index contributed by atoms with van der Waals surface area (Å²) in [6.45, 7) is 1.33. The van der Waals surface area contributed by atoms with Gasteiger partial charge >= 0.3 is 0 Å². The highest BCUT2D eigenvalue weighted by Gasteiger charge is 2.09. The molecule has 0 aliphatic heterocycles. The first-order valence-corrected chi connectivity index (χ1v) is 5.72. The molecule has 5 nitrogen and oxygen atoms in total.